The topological polar surface area (TPSA) is 113 Å². The molecule has 0 spiro atoms. The number of fused-ring (bicyclic) bond motifs is 1. The normalized spacial score (nSPS) is 20.3. The van der Waals surface area contributed by atoms with E-state index in [-0.39, 0.29) is 35.2 Å². The van der Waals surface area contributed by atoms with E-state index in [0.29, 0.717) is 17.7 Å². The fraction of sp³-hybridized carbons (Fsp3) is 0.481. The number of hydrogen-bond donors (Lipinski definition) is 1. The van der Waals surface area contributed by atoms with Gasteiger partial charge in [-0.1, -0.05) is 31.8 Å². The van der Waals surface area contributed by atoms with E-state index in [1.807, 2.05) is 6.92 Å². The zero-order valence-corrected chi connectivity index (χ0v) is 24.0. The largest absolute Gasteiger partial charge is 0.497 e. The summed E-state index contributed by atoms with van der Waals surface area (Å²) in [7, 11) is -4.98. The van der Waals surface area contributed by atoms with E-state index in [2.05, 4.69) is 11.8 Å². The van der Waals surface area contributed by atoms with Crippen LogP contribution in [-0.2, 0) is 20.0 Å². The van der Waals surface area contributed by atoms with Gasteiger partial charge in [0.1, 0.15) is 22.5 Å². The summed E-state index contributed by atoms with van der Waals surface area (Å²) in [6.07, 6.45) is 0.900. The van der Waals surface area contributed by atoms with Gasteiger partial charge in [0.2, 0.25) is 20.0 Å². The first-order valence-electron chi connectivity index (χ1n) is 12.5. The summed E-state index contributed by atoms with van der Waals surface area (Å²) in [5.74, 6) is 6.19. The van der Waals surface area contributed by atoms with E-state index in [4.69, 9.17) is 9.47 Å². The van der Waals surface area contributed by atoms with Crippen LogP contribution in [0.1, 0.15) is 39.2 Å². The average molecular weight is 565 g/mol. The van der Waals surface area contributed by atoms with Gasteiger partial charge < -0.3 is 14.6 Å². The van der Waals surface area contributed by atoms with E-state index in [0.717, 1.165) is 6.42 Å². The molecule has 3 rings (SSSR count). The zero-order chi connectivity index (χ0) is 28.1. The molecule has 3 atom stereocenters. The molecule has 0 saturated carbocycles. The van der Waals surface area contributed by atoms with E-state index < -0.39 is 38.1 Å². The standard InChI is InChI=1S/C27H36N2O7S2/c1-6-7-8-10-22-13-14-27-25(15-22)36-26(20(2)17-29(21(3)19-30)38(27,33)34)18-28(4)37(31,32)24-12-9-11-23(16-24)35-5/h9,11-16,20-21,26,30H,6-7,17-19H2,1-5H3/t20-,21+,26+/m0/s1. The zero-order valence-electron chi connectivity index (χ0n) is 22.4. The number of likely N-dealkylation sites (N-methyl/N-ethyl adjacent to an activating group) is 1. The maximum Gasteiger partial charge on any atom is 0.247 e. The Labute approximate surface area is 226 Å². The lowest BCUT2D eigenvalue weighted by molar-refractivity contribution is 0.0904. The SMILES string of the molecule is CCCC#Cc1ccc2c(c1)O[C@H](CN(C)S(=O)(=O)c1cccc(OC)c1)[C@@H](C)CN([C@H](C)CO)S2(=O)=O. The third-order valence-corrected chi connectivity index (χ3v) is 10.3. The number of rotatable bonds is 8. The van der Waals surface area contributed by atoms with E-state index in [1.165, 1.54) is 41.0 Å². The van der Waals surface area contributed by atoms with Gasteiger partial charge in [-0.05, 0) is 43.7 Å². The van der Waals surface area contributed by atoms with Gasteiger partial charge in [0, 0.05) is 43.6 Å². The minimum atomic E-state index is -4.01. The molecule has 2 aromatic carbocycles. The lowest BCUT2D eigenvalue weighted by Gasteiger charge is -2.37. The predicted molar refractivity (Wildman–Crippen MR) is 145 cm³/mol. The van der Waals surface area contributed by atoms with Crippen molar-refractivity contribution in [3.05, 3.63) is 48.0 Å². The number of hydrogen-bond acceptors (Lipinski definition) is 7. The summed E-state index contributed by atoms with van der Waals surface area (Å²) < 4.78 is 67.8. The number of methoxy groups -OCH3 is 1. The number of aliphatic hydroxyl groups is 1. The Morgan fingerprint density at radius 3 is 2.66 bits per heavy atom. The van der Waals surface area contributed by atoms with Crippen LogP contribution >= 0.6 is 0 Å². The highest BCUT2D eigenvalue weighted by Crippen LogP contribution is 2.34. The van der Waals surface area contributed by atoms with Crippen LogP contribution in [0.25, 0.3) is 0 Å². The third-order valence-electron chi connectivity index (χ3n) is 6.46. The Morgan fingerprint density at radius 1 is 1.26 bits per heavy atom. The second-order valence-corrected chi connectivity index (χ2v) is 13.3. The van der Waals surface area contributed by atoms with Crippen LogP contribution in [0.3, 0.4) is 0 Å². The van der Waals surface area contributed by atoms with Gasteiger partial charge in [0.15, 0.2) is 0 Å². The van der Waals surface area contributed by atoms with Crippen molar-refractivity contribution in [1.29, 1.82) is 0 Å². The maximum atomic E-state index is 13.6. The molecule has 0 amide bonds. The molecule has 1 aliphatic heterocycles. The summed E-state index contributed by atoms with van der Waals surface area (Å²) in [6, 6.07) is 10.2. The summed E-state index contributed by atoms with van der Waals surface area (Å²) >= 11 is 0. The van der Waals surface area contributed by atoms with Crippen molar-refractivity contribution in [1.82, 2.24) is 8.61 Å². The minimum absolute atomic E-state index is 0.0344. The molecule has 1 N–H and O–H groups in total. The number of ether oxygens (including phenoxy) is 2. The van der Waals surface area contributed by atoms with Gasteiger partial charge in [0.25, 0.3) is 0 Å². The van der Waals surface area contributed by atoms with Gasteiger partial charge in [-0.2, -0.15) is 8.61 Å². The highest BCUT2D eigenvalue weighted by molar-refractivity contribution is 7.89. The molecule has 0 saturated heterocycles. The van der Waals surface area contributed by atoms with E-state index in [1.54, 1.807) is 38.1 Å². The molecule has 208 valence electrons. The second kappa shape index (κ2) is 12.5. The maximum absolute atomic E-state index is 13.6. The molecular weight excluding hydrogens is 528 g/mol. The first-order valence-corrected chi connectivity index (χ1v) is 15.4. The van der Waals surface area contributed by atoms with Crippen molar-refractivity contribution in [3.63, 3.8) is 0 Å². The quantitative estimate of drug-likeness (QED) is 0.491. The number of unbranched alkanes of at least 4 members (excludes halogenated alkanes) is 1. The first-order chi connectivity index (χ1) is 17.9. The van der Waals surface area contributed by atoms with Gasteiger partial charge in [0.05, 0.1) is 25.2 Å². The lowest BCUT2D eigenvalue weighted by Crippen LogP contribution is -2.50. The van der Waals surface area contributed by atoms with Gasteiger partial charge >= 0.3 is 0 Å². The Hall–Kier alpha value is -2.62. The fourth-order valence-electron chi connectivity index (χ4n) is 4.10. The average Bonchev–Trinajstić information content (AvgIpc) is 2.90. The summed E-state index contributed by atoms with van der Waals surface area (Å²) in [5, 5.41) is 9.81. The van der Waals surface area contributed by atoms with Crippen molar-refractivity contribution in [3.8, 4) is 23.3 Å². The highest BCUT2D eigenvalue weighted by atomic mass is 32.2. The number of nitrogens with zero attached hydrogens (tertiary/aromatic N) is 2. The third kappa shape index (κ3) is 6.50. The molecule has 0 aromatic heterocycles. The van der Waals surface area contributed by atoms with Crippen molar-refractivity contribution < 1.29 is 31.4 Å². The molecule has 1 heterocycles. The van der Waals surface area contributed by atoms with Crippen LogP contribution in [0.2, 0.25) is 0 Å². The molecule has 38 heavy (non-hydrogen) atoms. The molecule has 1 aliphatic rings. The van der Waals surface area contributed by atoms with Crippen LogP contribution in [-0.4, -0.2) is 76.6 Å². The van der Waals surface area contributed by atoms with Crippen molar-refractivity contribution in [2.24, 2.45) is 5.92 Å². The van der Waals surface area contributed by atoms with Gasteiger partial charge in [-0.25, -0.2) is 16.8 Å². The Morgan fingerprint density at radius 2 is 2.00 bits per heavy atom. The molecule has 0 unspecified atom stereocenters. The smallest absolute Gasteiger partial charge is 0.247 e. The molecule has 2 aromatic rings. The van der Waals surface area contributed by atoms with E-state index in [9.17, 15) is 21.9 Å². The molecule has 9 nitrogen and oxygen atoms in total. The monoisotopic (exact) mass is 564 g/mol. The predicted octanol–water partition coefficient (Wildman–Crippen LogP) is 2.94. The highest BCUT2D eigenvalue weighted by Gasteiger charge is 2.39. The second-order valence-electron chi connectivity index (χ2n) is 9.42. The van der Waals surface area contributed by atoms with Gasteiger partial charge in [-0.3, -0.25) is 0 Å². The molecule has 0 radical (unpaired) electrons. The Kier molecular flexibility index (Phi) is 9.84. The van der Waals surface area contributed by atoms with Crippen LogP contribution < -0.4 is 9.47 Å². The summed E-state index contributed by atoms with van der Waals surface area (Å²) in [4.78, 5) is 0.0267. The lowest BCUT2D eigenvalue weighted by atomic mass is 10.0. The summed E-state index contributed by atoms with van der Waals surface area (Å²) in [5.41, 5.74) is 0.596. The fourth-order valence-corrected chi connectivity index (χ4v) is 7.15. The molecule has 0 aliphatic carbocycles. The number of benzene rings is 2. The number of aliphatic hydroxyl groups excluding tert-OH is 1. The van der Waals surface area contributed by atoms with Crippen molar-refractivity contribution in [2.45, 2.75) is 55.5 Å². The van der Waals surface area contributed by atoms with Crippen LogP contribution in [0.5, 0.6) is 11.5 Å². The van der Waals surface area contributed by atoms with Crippen LogP contribution in [0, 0.1) is 17.8 Å². The molecule has 11 heteroatoms. The molecule has 0 bridgehead atoms. The molecular formula is C27H36N2O7S2. The van der Waals surface area contributed by atoms with Crippen molar-refractivity contribution >= 4 is 20.0 Å². The van der Waals surface area contributed by atoms with Crippen LogP contribution in [0.4, 0.5) is 0 Å². The summed E-state index contributed by atoms with van der Waals surface area (Å²) in [6.45, 7) is 5.10. The van der Waals surface area contributed by atoms with Crippen LogP contribution in [0.15, 0.2) is 52.3 Å². The van der Waals surface area contributed by atoms with Gasteiger partial charge in [-0.15, -0.1) is 0 Å². The minimum Gasteiger partial charge on any atom is -0.497 e. The number of sulfonamides is 2. The molecule has 0 fully saturated rings. The van der Waals surface area contributed by atoms with E-state index >= 15 is 0 Å². The van der Waals surface area contributed by atoms with Crippen molar-refractivity contribution in [2.75, 3.05) is 33.9 Å². The Balaban J connectivity index is 2.04. The Bertz CT molecular complexity index is 1400. The first kappa shape index (κ1) is 29.9.